The Labute approximate surface area is 202 Å². The molecule has 188 valence electrons. The van der Waals surface area contributed by atoms with Crippen molar-refractivity contribution in [1.29, 1.82) is 0 Å². The lowest BCUT2D eigenvalue weighted by atomic mass is 9.90. The summed E-state index contributed by atoms with van der Waals surface area (Å²) in [6.07, 6.45) is 4.46. The first-order chi connectivity index (χ1) is 16.4. The number of carbonyl (C=O) groups is 3. The summed E-state index contributed by atoms with van der Waals surface area (Å²) >= 11 is 0. The summed E-state index contributed by atoms with van der Waals surface area (Å²) in [4.78, 5) is 43.9. The molecule has 0 radical (unpaired) electrons. The molecule has 0 aromatic carbocycles. The minimum Gasteiger partial charge on any atom is -0.465 e. The number of nitrogens with two attached hydrogens (primary N) is 1. The highest BCUT2D eigenvalue weighted by Gasteiger charge is 2.29. The lowest BCUT2D eigenvalue weighted by Crippen LogP contribution is -2.48. The van der Waals surface area contributed by atoms with E-state index in [1.165, 1.54) is 18.5 Å². The molecule has 2 heterocycles. The molecular formula is C23H30FN7O4. The molecule has 3 rings (SSSR count). The molecule has 1 aliphatic rings. The van der Waals surface area contributed by atoms with Gasteiger partial charge in [-0.3, -0.25) is 14.6 Å². The minimum absolute atomic E-state index is 0.0256. The Morgan fingerprint density at radius 2 is 1.77 bits per heavy atom. The van der Waals surface area contributed by atoms with Crippen LogP contribution in [0.15, 0.2) is 24.5 Å². The van der Waals surface area contributed by atoms with Crippen LogP contribution in [0.2, 0.25) is 0 Å². The van der Waals surface area contributed by atoms with Crippen molar-refractivity contribution in [3.05, 3.63) is 41.5 Å². The van der Waals surface area contributed by atoms with E-state index in [0.717, 1.165) is 18.9 Å². The van der Waals surface area contributed by atoms with E-state index in [1.807, 2.05) is 0 Å². The molecule has 35 heavy (non-hydrogen) atoms. The third kappa shape index (κ3) is 7.01. The molecule has 0 bridgehead atoms. The van der Waals surface area contributed by atoms with Crippen molar-refractivity contribution in [1.82, 2.24) is 20.6 Å². The summed E-state index contributed by atoms with van der Waals surface area (Å²) in [6.45, 7) is 5.36. The molecule has 2 aromatic heterocycles. The largest absolute Gasteiger partial charge is 0.465 e. The number of hydrogen-bond donors (Lipinski definition) is 6. The van der Waals surface area contributed by atoms with E-state index in [4.69, 9.17) is 10.8 Å². The van der Waals surface area contributed by atoms with Crippen molar-refractivity contribution >= 4 is 35.2 Å². The van der Waals surface area contributed by atoms with E-state index in [0.29, 0.717) is 18.5 Å². The predicted molar refractivity (Wildman–Crippen MR) is 128 cm³/mol. The number of carbonyl (C=O) groups excluding carboxylic acids is 2. The highest BCUT2D eigenvalue weighted by molar-refractivity contribution is 6.00. The number of primary amides is 1. The summed E-state index contributed by atoms with van der Waals surface area (Å²) < 4.78 is 15.1. The highest BCUT2D eigenvalue weighted by atomic mass is 19.1. The van der Waals surface area contributed by atoms with Gasteiger partial charge in [-0.1, -0.05) is 12.8 Å². The zero-order valence-corrected chi connectivity index (χ0v) is 19.8. The number of nitrogens with one attached hydrogen (secondary N) is 4. The van der Waals surface area contributed by atoms with Crippen molar-refractivity contribution in [2.75, 3.05) is 10.6 Å². The number of amides is 3. The van der Waals surface area contributed by atoms with Gasteiger partial charge in [0.05, 0.1) is 29.1 Å². The molecule has 1 saturated carbocycles. The minimum atomic E-state index is -1.16. The first-order valence-electron chi connectivity index (χ1n) is 11.2. The van der Waals surface area contributed by atoms with Gasteiger partial charge in [-0.2, -0.15) is 0 Å². The number of pyridine rings is 2. The predicted octanol–water partition coefficient (Wildman–Crippen LogP) is 2.98. The Balaban J connectivity index is 1.98. The summed E-state index contributed by atoms with van der Waals surface area (Å²) in [5.74, 6) is -2.12. The summed E-state index contributed by atoms with van der Waals surface area (Å²) in [6, 6.07) is 1.70. The van der Waals surface area contributed by atoms with Gasteiger partial charge in [0.1, 0.15) is 5.82 Å². The van der Waals surface area contributed by atoms with E-state index >= 15 is 4.39 Å². The zero-order chi connectivity index (χ0) is 25.8. The molecule has 0 aliphatic heterocycles. The maximum Gasteiger partial charge on any atom is 0.404 e. The molecule has 0 spiro atoms. The van der Waals surface area contributed by atoms with Crippen LogP contribution in [-0.4, -0.2) is 50.6 Å². The van der Waals surface area contributed by atoms with Crippen LogP contribution in [0.25, 0.3) is 0 Å². The molecular weight excluding hydrogens is 457 g/mol. The monoisotopic (exact) mass is 487 g/mol. The molecule has 2 atom stereocenters. The quantitative estimate of drug-likeness (QED) is 0.346. The molecule has 1 aliphatic carbocycles. The molecule has 1 fully saturated rings. The van der Waals surface area contributed by atoms with Gasteiger partial charge in [0.25, 0.3) is 5.91 Å². The van der Waals surface area contributed by atoms with Crippen LogP contribution < -0.4 is 27.0 Å². The summed E-state index contributed by atoms with van der Waals surface area (Å²) in [5, 5.41) is 20.3. The van der Waals surface area contributed by atoms with Crippen molar-refractivity contribution in [3.63, 3.8) is 0 Å². The smallest absolute Gasteiger partial charge is 0.404 e. The first kappa shape index (κ1) is 25.7. The van der Waals surface area contributed by atoms with Crippen LogP contribution in [0.4, 0.5) is 26.5 Å². The van der Waals surface area contributed by atoms with Gasteiger partial charge in [-0.05, 0) is 45.7 Å². The van der Waals surface area contributed by atoms with Gasteiger partial charge in [0.15, 0.2) is 11.6 Å². The van der Waals surface area contributed by atoms with Crippen LogP contribution in [0.3, 0.4) is 0 Å². The van der Waals surface area contributed by atoms with Gasteiger partial charge >= 0.3 is 6.09 Å². The van der Waals surface area contributed by atoms with E-state index in [2.05, 4.69) is 31.2 Å². The number of aromatic nitrogens is 2. The van der Waals surface area contributed by atoms with Gasteiger partial charge in [-0.15, -0.1) is 0 Å². The van der Waals surface area contributed by atoms with Crippen molar-refractivity contribution in [2.24, 2.45) is 5.73 Å². The van der Waals surface area contributed by atoms with Crippen molar-refractivity contribution < 1.29 is 23.9 Å². The first-order valence-corrected chi connectivity index (χ1v) is 11.2. The lowest BCUT2D eigenvalue weighted by molar-refractivity contribution is 0.0918. The van der Waals surface area contributed by atoms with Crippen molar-refractivity contribution in [2.45, 2.75) is 64.1 Å². The average molecular weight is 488 g/mol. The number of nitrogens with zero attached hydrogens (tertiary/aromatic N) is 2. The Bertz CT molecular complexity index is 1120. The zero-order valence-electron chi connectivity index (χ0n) is 19.8. The summed E-state index contributed by atoms with van der Waals surface area (Å²) in [5.41, 5.74) is 5.13. The van der Waals surface area contributed by atoms with E-state index in [1.54, 1.807) is 20.8 Å². The fourth-order valence-corrected chi connectivity index (χ4v) is 3.86. The van der Waals surface area contributed by atoms with Crippen molar-refractivity contribution in [3.8, 4) is 0 Å². The van der Waals surface area contributed by atoms with Crippen LogP contribution in [0.5, 0.6) is 0 Å². The Morgan fingerprint density at radius 3 is 2.40 bits per heavy atom. The Hall–Kier alpha value is -3.96. The number of carboxylic acid groups (broad SMARTS) is 1. The standard InChI is InChI=1S/C23H30FN7O4/c1-23(2,3)31-21(33)14-9-15(24)20(28-16-6-4-5-7-17(16)29-22(34)35)30-19(14)27-13-8-12(18(25)32)10-26-11-13/h8-11,16-17,29H,4-7H2,1-3H3,(H2,25,32)(H,31,33)(H,34,35)(H2,27,28,30)/t16-,17+/m0/s1. The Morgan fingerprint density at radius 1 is 1.09 bits per heavy atom. The van der Waals surface area contributed by atoms with E-state index in [9.17, 15) is 14.4 Å². The third-order valence-electron chi connectivity index (χ3n) is 5.39. The second-order valence-corrected chi connectivity index (χ2v) is 9.46. The van der Waals surface area contributed by atoms with Crippen LogP contribution >= 0.6 is 0 Å². The number of anilines is 3. The fraction of sp³-hybridized carbons (Fsp3) is 0.435. The van der Waals surface area contributed by atoms with Gasteiger partial charge < -0.3 is 32.1 Å². The number of halogens is 1. The van der Waals surface area contributed by atoms with Crippen LogP contribution in [0, 0.1) is 5.82 Å². The van der Waals surface area contributed by atoms with Crippen LogP contribution in [0.1, 0.15) is 67.2 Å². The molecule has 7 N–H and O–H groups in total. The molecule has 0 saturated heterocycles. The van der Waals surface area contributed by atoms with Crippen LogP contribution in [-0.2, 0) is 0 Å². The van der Waals surface area contributed by atoms with E-state index in [-0.39, 0.29) is 28.8 Å². The molecule has 12 heteroatoms. The van der Waals surface area contributed by atoms with Gasteiger partial charge in [-0.25, -0.2) is 14.2 Å². The molecule has 11 nitrogen and oxygen atoms in total. The summed E-state index contributed by atoms with van der Waals surface area (Å²) in [7, 11) is 0. The highest BCUT2D eigenvalue weighted by Crippen LogP contribution is 2.28. The maximum atomic E-state index is 15.1. The third-order valence-corrected chi connectivity index (χ3v) is 5.39. The second-order valence-electron chi connectivity index (χ2n) is 9.46. The number of hydrogen-bond acceptors (Lipinski definition) is 7. The average Bonchev–Trinajstić information content (AvgIpc) is 2.75. The molecule has 3 amide bonds. The second kappa shape index (κ2) is 10.5. The van der Waals surface area contributed by atoms with Gasteiger partial charge in [0, 0.05) is 17.8 Å². The SMILES string of the molecule is CC(C)(C)NC(=O)c1cc(F)c(N[C@H]2CCCC[C@H]2NC(=O)O)nc1Nc1cncc(C(N)=O)c1. The maximum absolute atomic E-state index is 15.1. The van der Waals surface area contributed by atoms with E-state index < -0.39 is 35.3 Å². The fourth-order valence-electron chi connectivity index (χ4n) is 3.86. The lowest BCUT2D eigenvalue weighted by Gasteiger charge is -2.32. The normalized spacial score (nSPS) is 17.8. The Kier molecular flexibility index (Phi) is 7.72. The molecule has 0 unspecified atom stereocenters. The topological polar surface area (TPSA) is 171 Å². The molecule has 2 aromatic rings. The number of rotatable bonds is 7. The van der Waals surface area contributed by atoms with Gasteiger partial charge in [0.2, 0.25) is 5.91 Å².